The van der Waals surface area contributed by atoms with Crippen molar-refractivity contribution in [2.75, 3.05) is 0 Å². The van der Waals surface area contributed by atoms with Crippen LogP contribution in [0.1, 0.15) is 16.8 Å². The molecule has 0 fully saturated rings. The fraction of sp³-hybridized carbons (Fsp3) is 0.0909. The maximum atomic E-state index is 13.4. The van der Waals surface area contributed by atoms with E-state index < -0.39 is 0 Å². The number of hydrogen-bond acceptors (Lipinski definition) is 3. The number of nitrogens with zero attached hydrogens (tertiary/aromatic N) is 3. The lowest BCUT2D eigenvalue weighted by atomic mass is 10.0. The summed E-state index contributed by atoms with van der Waals surface area (Å²) in [6, 6.07) is 17.2. The van der Waals surface area contributed by atoms with Crippen LogP contribution in [0.5, 0.6) is 0 Å². The van der Waals surface area contributed by atoms with Gasteiger partial charge in [-0.2, -0.15) is 5.10 Å². The van der Waals surface area contributed by atoms with Gasteiger partial charge < -0.3 is 5.73 Å². The van der Waals surface area contributed by atoms with Gasteiger partial charge in [-0.15, -0.1) is 0 Å². The smallest absolute Gasteiger partial charge is 0.264 e. The Morgan fingerprint density at radius 1 is 1.07 bits per heavy atom. The highest BCUT2D eigenvalue weighted by atomic mass is 16.1. The van der Waals surface area contributed by atoms with Crippen LogP contribution in [0.2, 0.25) is 0 Å². The van der Waals surface area contributed by atoms with E-state index in [0.29, 0.717) is 10.9 Å². The lowest BCUT2D eigenvalue weighted by molar-refractivity contribution is 0.767. The molecule has 0 aliphatic heterocycles. The molecule has 5 heteroatoms. The Labute approximate surface area is 156 Å². The third-order valence-corrected chi connectivity index (χ3v) is 4.39. The van der Waals surface area contributed by atoms with Crippen molar-refractivity contribution in [1.82, 2.24) is 14.3 Å². The van der Waals surface area contributed by atoms with Crippen molar-refractivity contribution in [1.29, 1.82) is 0 Å². The summed E-state index contributed by atoms with van der Waals surface area (Å²) >= 11 is 0. The average Bonchev–Trinajstić information content (AvgIpc) is 3.11. The SMILES string of the molecule is Cn1cc(C#Cc2cccc3cc(CN)n(-c4ccccc4)c(=O)c23)cn1. The van der Waals surface area contributed by atoms with Gasteiger partial charge in [0.25, 0.3) is 5.56 Å². The van der Waals surface area contributed by atoms with Crippen molar-refractivity contribution in [2.24, 2.45) is 12.8 Å². The second-order valence-electron chi connectivity index (χ2n) is 6.24. The summed E-state index contributed by atoms with van der Waals surface area (Å²) in [7, 11) is 1.84. The molecule has 0 spiro atoms. The highest BCUT2D eigenvalue weighted by Gasteiger charge is 2.12. The molecule has 0 amide bonds. The molecular weight excluding hydrogens is 336 g/mol. The second kappa shape index (κ2) is 6.94. The van der Waals surface area contributed by atoms with Gasteiger partial charge in [-0.25, -0.2) is 0 Å². The summed E-state index contributed by atoms with van der Waals surface area (Å²) in [6.07, 6.45) is 3.54. The molecule has 2 N–H and O–H groups in total. The van der Waals surface area contributed by atoms with Gasteiger partial charge in [0.2, 0.25) is 0 Å². The van der Waals surface area contributed by atoms with E-state index in [0.717, 1.165) is 22.3 Å². The molecule has 0 bridgehead atoms. The number of hydrogen-bond donors (Lipinski definition) is 1. The van der Waals surface area contributed by atoms with E-state index in [2.05, 4.69) is 16.9 Å². The van der Waals surface area contributed by atoms with E-state index in [1.165, 1.54) is 0 Å². The van der Waals surface area contributed by atoms with Gasteiger partial charge in [-0.1, -0.05) is 42.2 Å². The maximum Gasteiger partial charge on any atom is 0.264 e. The molecule has 2 heterocycles. The van der Waals surface area contributed by atoms with Crippen LogP contribution in [0.25, 0.3) is 16.5 Å². The van der Waals surface area contributed by atoms with Crippen LogP contribution in [0.15, 0.2) is 71.8 Å². The number of benzene rings is 2. The summed E-state index contributed by atoms with van der Waals surface area (Å²) < 4.78 is 3.36. The van der Waals surface area contributed by atoms with Gasteiger partial charge >= 0.3 is 0 Å². The Bertz CT molecular complexity index is 1240. The van der Waals surface area contributed by atoms with E-state index in [-0.39, 0.29) is 12.1 Å². The Balaban J connectivity index is 1.98. The van der Waals surface area contributed by atoms with E-state index in [1.807, 2.05) is 67.8 Å². The molecule has 0 atom stereocenters. The van der Waals surface area contributed by atoms with Crippen LogP contribution in [0.3, 0.4) is 0 Å². The lowest BCUT2D eigenvalue weighted by Gasteiger charge is -2.14. The normalized spacial score (nSPS) is 10.6. The zero-order valence-corrected chi connectivity index (χ0v) is 14.9. The van der Waals surface area contributed by atoms with Gasteiger partial charge in [-0.3, -0.25) is 14.0 Å². The predicted molar refractivity (Wildman–Crippen MR) is 107 cm³/mol. The number of aryl methyl sites for hydroxylation is 1. The summed E-state index contributed by atoms with van der Waals surface area (Å²) in [5.41, 5.74) is 8.85. The molecule has 0 unspecified atom stereocenters. The molecule has 4 aromatic rings. The molecule has 5 nitrogen and oxygen atoms in total. The third kappa shape index (κ3) is 3.14. The van der Waals surface area contributed by atoms with Gasteiger partial charge in [0.1, 0.15) is 0 Å². The third-order valence-electron chi connectivity index (χ3n) is 4.39. The summed E-state index contributed by atoms with van der Waals surface area (Å²) in [6.45, 7) is 0.270. The standard InChI is InChI=1S/C22H18N4O/c1-25-15-16(14-24-25)10-11-17-6-5-7-18-12-20(13-23)26(22(27)21(17)18)19-8-3-2-4-9-19/h2-9,12,14-15H,13,23H2,1H3. The zero-order valence-electron chi connectivity index (χ0n) is 14.9. The summed E-state index contributed by atoms with van der Waals surface area (Å²) in [4.78, 5) is 13.4. The van der Waals surface area contributed by atoms with Crippen molar-refractivity contribution in [2.45, 2.75) is 6.54 Å². The molecule has 2 aromatic heterocycles. The predicted octanol–water partition coefficient (Wildman–Crippen LogP) is 2.58. The topological polar surface area (TPSA) is 65.8 Å². The van der Waals surface area contributed by atoms with Crippen LogP contribution in [-0.4, -0.2) is 14.3 Å². The molecule has 132 valence electrons. The number of aromatic nitrogens is 3. The molecule has 4 rings (SSSR count). The van der Waals surface area contributed by atoms with Crippen LogP contribution in [0.4, 0.5) is 0 Å². The summed E-state index contributed by atoms with van der Waals surface area (Å²) in [5, 5.41) is 5.55. The number of rotatable bonds is 2. The molecule has 27 heavy (non-hydrogen) atoms. The first kappa shape index (κ1) is 16.8. The first-order chi connectivity index (χ1) is 13.2. The highest BCUT2D eigenvalue weighted by Crippen LogP contribution is 2.19. The molecular formula is C22H18N4O. The molecule has 2 aromatic carbocycles. The molecule has 0 saturated carbocycles. The minimum atomic E-state index is -0.116. The Morgan fingerprint density at radius 2 is 1.89 bits per heavy atom. The monoisotopic (exact) mass is 354 g/mol. The maximum absolute atomic E-state index is 13.4. The molecule has 0 aliphatic carbocycles. The number of para-hydroxylation sites is 1. The Kier molecular flexibility index (Phi) is 4.33. The first-order valence-corrected chi connectivity index (χ1v) is 8.61. The van der Waals surface area contributed by atoms with Crippen molar-refractivity contribution in [3.8, 4) is 17.5 Å². The lowest BCUT2D eigenvalue weighted by Crippen LogP contribution is -2.24. The zero-order chi connectivity index (χ0) is 18.8. The fourth-order valence-corrected chi connectivity index (χ4v) is 3.16. The van der Waals surface area contributed by atoms with E-state index in [1.54, 1.807) is 15.4 Å². The van der Waals surface area contributed by atoms with E-state index >= 15 is 0 Å². The van der Waals surface area contributed by atoms with Crippen LogP contribution < -0.4 is 11.3 Å². The number of fused-ring (bicyclic) bond motifs is 1. The molecule has 0 aliphatic rings. The van der Waals surface area contributed by atoms with E-state index in [4.69, 9.17) is 5.73 Å². The molecule has 0 saturated heterocycles. The first-order valence-electron chi connectivity index (χ1n) is 8.61. The summed E-state index contributed by atoms with van der Waals surface area (Å²) in [5.74, 6) is 6.21. The Morgan fingerprint density at radius 3 is 2.59 bits per heavy atom. The second-order valence-corrected chi connectivity index (χ2v) is 6.24. The van der Waals surface area contributed by atoms with E-state index in [9.17, 15) is 4.79 Å². The quantitative estimate of drug-likeness (QED) is 0.563. The van der Waals surface area contributed by atoms with Crippen molar-refractivity contribution < 1.29 is 0 Å². The molecule has 0 radical (unpaired) electrons. The van der Waals surface area contributed by atoms with Crippen LogP contribution in [0, 0.1) is 11.8 Å². The minimum absolute atomic E-state index is 0.116. The van der Waals surface area contributed by atoms with Gasteiger partial charge in [-0.05, 0) is 29.7 Å². The number of nitrogens with two attached hydrogens (primary N) is 1. The van der Waals surface area contributed by atoms with Crippen molar-refractivity contribution in [3.05, 3.63) is 94.2 Å². The van der Waals surface area contributed by atoms with Gasteiger partial charge in [0.05, 0.1) is 17.1 Å². The van der Waals surface area contributed by atoms with Crippen LogP contribution >= 0.6 is 0 Å². The van der Waals surface area contributed by atoms with Gasteiger partial charge in [0.15, 0.2) is 0 Å². The minimum Gasteiger partial charge on any atom is -0.325 e. The fourth-order valence-electron chi connectivity index (χ4n) is 3.16. The number of pyridine rings is 1. The van der Waals surface area contributed by atoms with Crippen molar-refractivity contribution in [3.63, 3.8) is 0 Å². The largest absolute Gasteiger partial charge is 0.325 e. The van der Waals surface area contributed by atoms with Crippen molar-refractivity contribution >= 4 is 10.8 Å². The average molecular weight is 354 g/mol. The Hall–Kier alpha value is -3.62. The highest BCUT2D eigenvalue weighted by molar-refractivity contribution is 5.88. The van der Waals surface area contributed by atoms with Gasteiger partial charge in [0, 0.05) is 36.7 Å². The van der Waals surface area contributed by atoms with Crippen LogP contribution in [-0.2, 0) is 13.6 Å².